The van der Waals surface area contributed by atoms with Crippen LogP contribution in [-0.4, -0.2) is 38.1 Å². The summed E-state index contributed by atoms with van der Waals surface area (Å²) in [5, 5.41) is 3.15. The fourth-order valence-electron chi connectivity index (χ4n) is 2.18. The minimum Gasteiger partial charge on any atom is -0.313 e. The second kappa shape index (κ2) is 5.34. The van der Waals surface area contributed by atoms with Gasteiger partial charge in [-0.25, -0.2) is 12.8 Å². The van der Waals surface area contributed by atoms with Crippen LogP contribution in [0.1, 0.15) is 18.5 Å². The standard InChI is InChI=1S/C12H17FN2O2S/c1-2-18(16,17)15-7-6-14-9-12(15)10-4-3-5-11(13)8-10/h3-5,8,12,14H,2,6-7,9H2,1H3. The SMILES string of the molecule is CCS(=O)(=O)N1CCNCC1c1cccc(F)c1. The van der Waals surface area contributed by atoms with Crippen LogP contribution in [0.25, 0.3) is 0 Å². The minimum atomic E-state index is -3.26. The first-order valence-corrected chi connectivity index (χ1v) is 7.61. The largest absolute Gasteiger partial charge is 0.313 e. The Kier molecular flexibility index (Phi) is 3.99. The number of rotatable bonds is 3. The van der Waals surface area contributed by atoms with Crippen LogP contribution in [0.2, 0.25) is 0 Å². The molecule has 0 bridgehead atoms. The number of nitrogens with zero attached hydrogens (tertiary/aromatic N) is 1. The van der Waals surface area contributed by atoms with Gasteiger partial charge in [-0.3, -0.25) is 0 Å². The lowest BCUT2D eigenvalue weighted by atomic mass is 10.1. The van der Waals surface area contributed by atoms with E-state index in [1.165, 1.54) is 16.4 Å². The van der Waals surface area contributed by atoms with Gasteiger partial charge in [0, 0.05) is 19.6 Å². The summed E-state index contributed by atoms with van der Waals surface area (Å²) in [6.07, 6.45) is 0. The molecule has 1 saturated heterocycles. The molecule has 1 aliphatic heterocycles. The molecular formula is C12H17FN2O2S. The molecule has 0 spiro atoms. The van der Waals surface area contributed by atoms with Crippen LogP contribution in [0.3, 0.4) is 0 Å². The molecular weight excluding hydrogens is 255 g/mol. The fraction of sp³-hybridized carbons (Fsp3) is 0.500. The Morgan fingerprint density at radius 1 is 1.50 bits per heavy atom. The van der Waals surface area contributed by atoms with E-state index in [-0.39, 0.29) is 17.6 Å². The van der Waals surface area contributed by atoms with Crippen LogP contribution in [0.15, 0.2) is 24.3 Å². The van der Waals surface area contributed by atoms with Crippen molar-refractivity contribution in [1.29, 1.82) is 0 Å². The smallest absolute Gasteiger partial charge is 0.214 e. The van der Waals surface area contributed by atoms with Gasteiger partial charge in [0.1, 0.15) is 5.82 Å². The monoisotopic (exact) mass is 272 g/mol. The van der Waals surface area contributed by atoms with Crippen molar-refractivity contribution in [2.24, 2.45) is 0 Å². The molecule has 1 heterocycles. The van der Waals surface area contributed by atoms with Gasteiger partial charge in [0.15, 0.2) is 0 Å². The molecule has 1 fully saturated rings. The van der Waals surface area contributed by atoms with Crippen molar-refractivity contribution < 1.29 is 12.8 Å². The number of hydrogen-bond acceptors (Lipinski definition) is 3. The molecule has 4 nitrogen and oxygen atoms in total. The third-order valence-corrected chi connectivity index (χ3v) is 5.03. The highest BCUT2D eigenvalue weighted by atomic mass is 32.2. The predicted molar refractivity (Wildman–Crippen MR) is 68.2 cm³/mol. The Hall–Kier alpha value is -0.980. The van der Waals surface area contributed by atoms with E-state index in [1.54, 1.807) is 19.1 Å². The maximum absolute atomic E-state index is 13.2. The summed E-state index contributed by atoms with van der Waals surface area (Å²) in [4.78, 5) is 0. The van der Waals surface area contributed by atoms with Gasteiger partial charge < -0.3 is 5.32 Å². The van der Waals surface area contributed by atoms with Gasteiger partial charge in [0.05, 0.1) is 11.8 Å². The van der Waals surface area contributed by atoms with Crippen molar-refractivity contribution in [3.63, 3.8) is 0 Å². The van der Waals surface area contributed by atoms with Crippen molar-refractivity contribution in [3.05, 3.63) is 35.6 Å². The molecule has 1 aromatic rings. The Balaban J connectivity index is 2.34. The summed E-state index contributed by atoms with van der Waals surface area (Å²) in [6.45, 7) is 3.20. The number of piperazine rings is 1. The first kappa shape index (κ1) is 13.5. The van der Waals surface area contributed by atoms with E-state index in [0.717, 1.165) is 0 Å². The Morgan fingerprint density at radius 2 is 2.28 bits per heavy atom. The minimum absolute atomic E-state index is 0.0683. The molecule has 0 aliphatic carbocycles. The third-order valence-electron chi connectivity index (χ3n) is 3.15. The second-order valence-electron chi connectivity index (χ2n) is 4.29. The van der Waals surface area contributed by atoms with Gasteiger partial charge >= 0.3 is 0 Å². The number of nitrogens with one attached hydrogen (secondary N) is 1. The van der Waals surface area contributed by atoms with Crippen molar-refractivity contribution in [3.8, 4) is 0 Å². The highest BCUT2D eigenvalue weighted by molar-refractivity contribution is 7.89. The normalized spacial score (nSPS) is 22.0. The zero-order chi connectivity index (χ0) is 13.2. The molecule has 0 amide bonds. The van der Waals surface area contributed by atoms with E-state index in [2.05, 4.69) is 5.32 Å². The number of halogens is 1. The van der Waals surface area contributed by atoms with Crippen molar-refractivity contribution >= 4 is 10.0 Å². The van der Waals surface area contributed by atoms with Gasteiger partial charge in [-0.2, -0.15) is 4.31 Å². The van der Waals surface area contributed by atoms with Gasteiger partial charge in [0.25, 0.3) is 0 Å². The third kappa shape index (κ3) is 2.71. The molecule has 1 unspecified atom stereocenters. The Labute approximate surface area is 107 Å². The lowest BCUT2D eigenvalue weighted by Gasteiger charge is -2.35. The summed E-state index contributed by atoms with van der Waals surface area (Å²) in [6, 6.07) is 5.81. The van der Waals surface area contributed by atoms with Crippen LogP contribution in [0.5, 0.6) is 0 Å². The van der Waals surface area contributed by atoms with Gasteiger partial charge in [-0.1, -0.05) is 12.1 Å². The molecule has 18 heavy (non-hydrogen) atoms. The highest BCUT2D eigenvalue weighted by Crippen LogP contribution is 2.25. The average molecular weight is 272 g/mol. The summed E-state index contributed by atoms with van der Waals surface area (Å²) in [7, 11) is -3.26. The molecule has 2 rings (SSSR count). The first-order chi connectivity index (χ1) is 8.54. The van der Waals surface area contributed by atoms with E-state index in [0.29, 0.717) is 25.2 Å². The van der Waals surface area contributed by atoms with Gasteiger partial charge in [0.2, 0.25) is 10.0 Å². The summed E-state index contributed by atoms with van der Waals surface area (Å²) >= 11 is 0. The van der Waals surface area contributed by atoms with Crippen LogP contribution in [-0.2, 0) is 10.0 Å². The summed E-state index contributed by atoms with van der Waals surface area (Å²) in [5.41, 5.74) is 0.694. The molecule has 1 aliphatic rings. The van der Waals surface area contributed by atoms with Crippen molar-refractivity contribution in [2.75, 3.05) is 25.4 Å². The Morgan fingerprint density at radius 3 is 2.94 bits per heavy atom. The van der Waals surface area contributed by atoms with E-state index in [1.807, 2.05) is 0 Å². The lowest BCUT2D eigenvalue weighted by molar-refractivity contribution is 0.271. The zero-order valence-corrected chi connectivity index (χ0v) is 11.1. The van der Waals surface area contributed by atoms with E-state index in [9.17, 15) is 12.8 Å². The Bertz CT molecular complexity index is 519. The maximum atomic E-state index is 13.2. The molecule has 1 N–H and O–H groups in total. The van der Waals surface area contributed by atoms with Crippen LogP contribution in [0.4, 0.5) is 4.39 Å². The van der Waals surface area contributed by atoms with E-state index >= 15 is 0 Å². The average Bonchev–Trinajstić information content (AvgIpc) is 2.39. The number of hydrogen-bond donors (Lipinski definition) is 1. The summed E-state index contributed by atoms with van der Waals surface area (Å²) < 4.78 is 38.8. The molecule has 6 heteroatoms. The van der Waals surface area contributed by atoms with E-state index in [4.69, 9.17) is 0 Å². The molecule has 1 aromatic carbocycles. The van der Waals surface area contributed by atoms with Gasteiger partial charge in [-0.05, 0) is 24.6 Å². The van der Waals surface area contributed by atoms with Crippen molar-refractivity contribution in [1.82, 2.24) is 9.62 Å². The number of sulfonamides is 1. The predicted octanol–water partition coefficient (Wildman–Crippen LogP) is 1.12. The van der Waals surface area contributed by atoms with Crippen LogP contribution in [0, 0.1) is 5.82 Å². The van der Waals surface area contributed by atoms with Crippen LogP contribution < -0.4 is 5.32 Å². The second-order valence-corrected chi connectivity index (χ2v) is 6.50. The zero-order valence-electron chi connectivity index (χ0n) is 10.3. The van der Waals surface area contributed by atoms with Gasteiger partial charge in [-0.15, -0.1) is 0 Å². The maximum Gasteiger partial charge on any atom is 0.214 e. The van der Waals surface area contributed by atoms with E-state index < -0.39 is 10.0 Å². The fourth-order valence-corrected chi connectivity index (χ4v) is 3.47. The molecule has 0 saturated carbocycles. The molecule has 0 aromatic heterocycles. The molecule has 0 radical (unpaired) electrons. The topological polar surface area (TPSA) is 49.4 Å². The quantitative estimate of drug-likeness (QED) is 0.897. The van der Waals surface area contributed by atoms with Crippen LogP contribution >= 0.6 is 0 Å². The molecule has 100 valence electrons. The lowest BCUT2D eigenvalue weighted by Crippen LogP contribution is -2.49. The first-order valence-electron chi connectivity index (χ1n) is 6.00. The number of benzene rings is 1. The molecule has 1 atom stereocenters. The highest BCUT2D eigenvalue weighted by Gasteiger charge is 2.32. The van der Waals surface area contributed by atoms with Crippen molar-refractivity contribution in [2.45, 2.75) is 13.0 Å². The summed E-state index contributed by atoms with van der Waals surface area (Å²) in [5.74, 6) is -0.273.